The van der Waals surface area contributed by atoms with Gasteiger partial charge in [0.25, 0.3) is 0 Å². The summed E-state index contributed by atoms with van der Waals surface area (Å²) >= 11 is 1.54. The second-order valence-electron chi connectivity index (χ2n) is 14.3. The van der Waals surface area contributed by atoms with E-state index in [0.29, 0.717) is 6.42 Å². The second-order valence-corrected chi connectivity index (χ2v) is 15.1. The first-order valence-corrected chi connectivity index (χ1v) is 21.3. The summed E-state index contributed by atoms with van der Waals surface area (Å²) in [5.74, 6) is 0. The molecule has 4 heterocycles. The molecule has 2 N–H and O–H groups in total. The lowest BCUT2D eigenvalue weighted by Crippen LogP contribution is -2.28. The first kappa shape index (κ1) is 41.4. The SMILES string of the molecule is C#C.C=C1/C=C\C=C/N(NSc2ccccc2CC=N)c2ccccc21.C=Cc1c(/C=C\C)n(C)c2c1cc1c3c(n4c5ccccc5c2c14)CCc1ccccc1-3.CC. The normalized spacial score (nSPS) is 13.8. The lowest BCUT2D eigenvalue weighted by atomic mass is 9.87. The van der Waals surface area contributed by atoms with Gasteiger partial charge in [-0.25, -0.2) is 0 Å². The predicted octanol–water partition coefficient (Wildman–Crippen LogP) is 13.9. The van der Waals surface area contributed by atoms with Gasteiger partial charge in [0.1, 0.15) is 0 Å². The van der Waals surface area contributed by atoms with E-state index in [1.54, 1.807) is 11.9 Å². The molecule has 3 aromatic heterocycles. The highest BCUT2D eigenvalue weighted by Gasteiger charge is 2.29. The van der Waals surface area contributed by atoms with Crippen molar-refractivity contribution in [3.63, 3.8) is 0 Å². The van der Waals surface area contributed by atoms with Crippen LogP contribution in [0.2, 0.25) is 0 Å². The minimum absolute atomic E-state index is 0.636. The van der Waals surface area contributed by atoms with E-state index in [1.807, 2.05) is 73.6 Å². The fraction of sp³-hybridized carbons (Fsp3) is 0.130. The van der Waals surface area contributed by atoms with Crippen LogP contribution < -0.4 is 9.84 Å². The van der Waals surface area contributed by atoms with Crippen LogP contribution in [0.1, 0.15) is 54.4 Å². The largest absolute Gasteiger partial charge is 0.343 e. The molecule has 0 amide bonds. The van der Waals surface area contributed by atoms with Crippen LogP contribution in [0, 0.1) is 18.3 Å². The molecule has 8 aromatic rings. The van der Waals surface area contributed by atoms with Crippen molar-refractivity contribution in [3.8, 4) is 24.0 Å². The molecule has 6 heteroatoms. The van der Waals surface area contributed by atoms with E-state index in [0.717, 1.165) is 40.1 Å². The Hall–Kier alpha value is -6.78. The van der Waals surface area contributed by atoms with E-state index in [9.17, 15) is 0 Å². The molecule has 0 atom stereocenters. The van der Waals surface area contributed by atoms with E-state index in [-0.39, 0.29) is 0 Å². The number of nitrogens with one attached hydrogen (secondary N) is 2. The average molecular weight is 802 g/mol. The van der Waals surface area contributed by atoms with Crippen molar-refractivity contribution < 1.29 is 0 Å². The van der Waals surface area contributed by atoms with Gasteiger partial charge < -0.3 is 14.4 Å². The third-order valence-electron chi connectivity index (χ3n) is 11.1. The maximum absolute atomic E-state index is 7.34. The number of allylic oxidation sites excluding steroid dienone is 5. The first-order valence-electron chi connectivity index (χ1n) is 20.4. The quantitative estimate of drug-likeness (QED) is 0.0959. The van der Waals surface area contributed by atoms with Crippen molar-refractivity contribution in [1.82, 2.24) is 13.8 Å². The van der Waals surface area contributed by atoms with E-state index < -0.39 is 0 Å². The van der Waals surface area contributed by atoms with Gasteiger partial charge in [-0.2, -0.15) is 4.83 Å². The number of benzene rings is 5. The highest BCUT2D eigenvalue weighted by molar-refractivity contribution is 7.97. The maximum atomic E-state index is 7.34. The first-order chi connectivity index (χ1) is 29.5. The zero-order chi connectivity index (χ0) is 42.3. The van der Waals surface area contributed by atoms with Gasteiger partial charge in [0.15, 0.2) is 0 Å². The number of rotatable bonds is 7. The van der Waals surface area contributed by atoms with Crippen LogP contribution in [0.4, 0.5) is 5.69 Å². The standard InChI is InChI=1S/C30H24N2.C20H19N3S.C2H6.C2H2/c1-4-10-24-19(5-2)22-17-23-27-20-12-7-6-11-18(20)15-16-26(27)32-25-14-9-8-13-21(25)28(30(23)32)29(22)31(24)3;1-16-8-6-7-15-23(19-11-4-3-10-18(16)19)22-24-20-12-5-2-9-17(20)13-14-21;2*1-2/h4-14,17H,2,15-16H2,1,3H3;2-12,14-15,21-22H,1,13H2;1-2H3;1-2H/b10-4-;8-6-,15-7-,21-14?;;. The molecule has 0 saturated carbocycles. The highest BCUT2D eigenvalue weighted by Crippen LogP contribution is 2.49. The lowest BCUT2D eigenvalue weighted by molar-refractivity contribution is 0.895. The summed E-state index contributed by atoms with van der Waals surface area (Å²) in [6, 6.07) is 36.6. The van der Waals surface area contributed by atoms with Gasteiger partial charge in [0.2, 0.25) is 0 Å². The van der Waals surface area contributed by atoms with Gasteiger partial charge in [-0.05, 0) is 96.6 Å². The Morgan fingerprint density at radius 3 is 2.33 bits per heavy atom. The molecule has 1 aliphatic carbocycles. The summed E-state index contributed by atoms with van der Waals surface area (Å²) < 4.78 is 4.91. The molecule has 0 radical (unpaired) electrons. The monoisotopic (exact) mass is 801 g/mol. The summed E-state index contributed by atoms with van der Waals surface area (Å²) in [5, 5.41) is 14.7. The van der Waals surface area contributed by atoms with Gasteiger partial charge in [-0.3, -0.25) is 5.01 Å². The van der Waals surface area contributed by atoms with Crippen LogP contribution in [0.15, 0.2) is 152 Å². The molecule has 298 valence electrons. The Bertz CT molecular complexity index is 2980. The van der Waals surface area contributed by atoms with Crippen LogP contribution in [0.25, 0.3) is 66.9 Å². The molecular formula is C54H51N5S. The van der Waals surface area contributed by atoms with E-state index >= 15 is 0 Å². The third-order valence-corrected chi connectivity index (χ3v) is 12.1. The summed E-state index contributed by atoms with van der Waals surface area (Å²) in [7, 11) is 2.19. The minimum atomic E-state index is 0.636. The number of hydrogen-bond acceptors (Lipinski definition) is 4. The van der Waals surface area contributed by atoms with Crippen molar-refractivity contribution in [1.29, 1.82) is 5.41 Å². The third kappa shape index (κ3) is 7.17. The van der Waals surface area contributed by atoms with Gasteiger partial charge in [0, 0.05) is 74.2 Å². The number of para-hydroxylation sites is 2. The highest BCUT2D eigenvalue weighted by atomic mass is 32.2. The van der Waals surface area contributed by atoms with Gasteiger partial charge in [-0.1, -0.05) is 130 Å². The molecule has 0 bridgehead atoms. The summed E-state index contributed by atoms with van der Waals surface area (Å²) in [4.78, 5) is 4.51. The number of aryl methyl sites for hydroxylation is 3. The van der Waals surface area contributed by atoms with Gasteiger partial charge in [-0.15, -0.1) is 12.8 Å². The van der Waals surface area contributed by atoms with E-state index in [4.69, 9.17) is 5.41 Å². The Morgan fingerprint density at radius 1 is 0.833 bits per heavy atom. The van der Waals surface area contributed by atoms with Crippen molar-refractivity contribution in [2.24, 2.45) is 7.05 Å². The van der Waals surface area contributed by atoms with Crippen molar-refractivity contribution >= 4 is 79.7 Å². The molecule has 60 heavy (non-hydrogen) atoms. The lowest BCUT2D eigenvalue weighted by Gasteiger charge is -2.25. The molecular weight excluding hydrogens is 751 g/mol. The Kier molecular flexibility index (Phi) is 12.7. The molecule has 1 aliphatic heterocycles. The number of aromatic nitrogens is 2. The van der Waals surface area contributed by atoms with Crippen LogP contribution in [-0.4, -0.2) is 15.2 Å². The summed E-state index contributed by atoms with van der Waals surface area (Å²) in [5.41, 5.74) is 16.4. The Balaban J connectivity index is 0.000000174. The molecule has 2 aliphatic rings. The molecule has 0 spiro atoms. The molecule has 10 rings (SSSR count). The maximum Gasteiger partial charge on any atom is 0.0658 e. The Labute approximate surface area is 358 Å². The van der Waals surface area contributed by atoms with Crippen molar-refractivity contribution in [2.75, 3.05) is 5.01 Å². The minimum Gasteiger partial charge on any atom is -0.343 e. The van der Waals surface area contributed by atoms with Crippen molar-refractivity contribution in [2.45, 2.75) is 44.9 Å². The average Bonchev–Trinajstić information content (AvgIpc) is 3.91. The zero-order valence-electron chi connectivity index (χ0n) is 34.9. The molecule has 0 unspecified atom stereocenters. The Morgan fingerprint density at radius 2 is 1.55 bits per heavy atom. The van der Waals surface area contributed by atoms with E-state index in [2.05, 4.69) is 145 Å². The van der Waals surface area contributed by atoms with Gasteiger partial charge in [0.05, 0.1) is 22.2 Å². The summed E-state index contributed by atoms with van der Waals surface area (Å²) in [6.07, 6.45) is 26.6. The van der Waals surface area contributed by atoms with Gasteiger partial charge >= 0.3 is 0 Å². The van der Waals surface area contributed by atoms with Crippen molar-refractivity contribution in [3.05, 3.63) is 180 Å². The number of hydrazine groups is 1. The van der Waals surface area contributed by atoms with E-state index in [1.165, 1.54) is 78.0 Å². The van der Waals surface area contributed by atoms with Crippen LogP contribution >= 0.6 is 11.9 Å². The number of hydrogen-bond donors (Lipinski definition) is 2. The van der Waals surface area contributed by atoms with Crippen LogP contribution in [-0.2, 0) is 26.3 Å². The molecule has 5 nitrogen and oxygen atoms in total. The summed E-state index contributed by atoms with van der Waals surface area (Å²) in [6.45, 7) is 14.4. The van der Waals surface area contributed by atoms with Crippen LogP contribution in [0.3, 0.4) is 0 Å². The zero-order valence-corrected chi connectivity index (χ0v) is 35.7. The number of terminal acetylenes is 1. The van der Waals surface area contributed by atoms with Crippen LogP contribution in [0.5, 0.6) is 0 Å². The fourth-order valence-corrected chi connectivity index (χ4v) is 9.51. The molecule has 0 fully saturated rings. The predicted molar refractivity (Wildman–Crippen MR) is 263 cm³/mol. The molecule has 0 saturated heterocycles. The topological polar surface area (TPSA) is 48.5 Å². The number of anilines is 1. The smallest absolute Gasteiger partial charge is 0.0658 e. The number of fused-ring (bicyclic) bond motifs is 11. The molecule has 5 aromatic carbocycles. The number of nitrogens with zero attached hydrogens (tertiary/aromatic N) is 3. The second kappa shape index (κ2) is 18.4. The fourth-order valence-electron chi connectivity index (χ4n) is 8.72.